The second kappa shape index (κ2) is 5.47. The molecule has 2 heterocycles. The number of aromatic nitrogens is 2. The first kappa shape index (κ1) is 12.3. The lowest BCUT2D eigenvalue weighted by Gasteiger charge is -2.13. The van der Waals surface area contributed by atoms with Gasteiger partial charge < -0.3 is 5.32 Å². The Hall–Kier alpha value is -1.78. The van der Waals surface area contributed by atoms with Crippen molar-refractivity contribution in [3.05, 3.63) is 59.5 Å². The highest BCUT2D eigenvalue weighted by Gasteiger charge is 2.14. The Labute approximate surface area is 116 Å². The number of hydrogen-bond donors (Lipinski definition) is 1. The van der Waals surface area contributed by atoms with Crippen LogP contribution in [0.25, 0.3) is 10.1 Å². The lowest BCUT2D eigenvalue weighted by atomic mass is 10.0. The fraction of sp³-hybridized carbons (Fsp3) is 0.200. The largest absolute Gasteiger partial charge is 0.310 e. The van der Waals surface area contributed by atoms with Gasteiger partial charge in [0.25, 0.3) is 0 Å². The fourth-order valence-electron chi connectivity index (χ4n) is 2.22. The van der Waals surface area contributed by atoms with Crippen LogP contribution in [0.15, 0.2) is 48.1 Å². The normalized spacial score (nSPS) is 12.7. The Morgan fingerprint density at radius 2 is 1.95 bits per heavy atom. The number of nitrogens with zero attached hydrogens (tertiary/aromatic N) is 2. The standard InChI is InChI=1S/C15H15N3S/c1-16-13(15-17-7-4-8-18-15)9-11-10-19-14-6-3-2-5-12(11)14/h2-8,10,13,16H,9H2,1H3. The summed E-state index contributed by atoms with van der Waals surface area (Å²) in [6, 6.07) is 10.5. The van der Waals surface area contributed by atoms with Gasteiger partial charge >= 0.3 is 0 Å². The van der Waals surface area contributed by atoms with Crippen LogP contribution in [0.4, 0.5) is 0 Å². The van der Waals surface area contributed by atoms with E-state index in [4.69, 9.17) is 0 Å². The highest BCUT2D eigenvalue weighted by molar-refractivity contribution is 7.17. The van der Waals surface area contributed by atoms with Crippen molar-refractivity contribution in [2.45, 2.75) is 12.5 Å². The topological polar surface area (TPSA) is 37.8 Å². The molecule has 0 bridgehead atoms. The van der Waals surface area contributed by atoms with Crippen molar-refractivity contribution in [2.75, 3.05) is 7.05 Å². The van der Waals surface area contributed by atoms with Gasteiger partial charge in [-0.3, -0.25) is 0 Å². The minimum absolute atomic E-state index is 0.152. The van der Waals surface area contributed by atoms with E-state index in [1.165, 1.54) is 15.6 Å². The van der Waals surface area contributed by atoms with Crippen molar-refractivity contribution in [3.63, 3.8) is 0 Å². The minimum atomic E-state index is 0.152. The van der Waals surface area contributed by atoms with E-state index in [-0.39, 0.29) is 6.04 Å². The average molecular weight is 269 g/mol. The number of nitrogens with one attached hydrogen (secondary N) is 1. The Balaban J connectivity index is 1.91. The smallest absolute Gasteiger partial charge is 0.145 e. The molecule has 1 aromatic carbocycles. The summed E-state index contributed by atoms with van der Waals surface area (Å²) in [7, 11) is 1.95. The van der Waals surface area contributed by atoms with Gasteiger partial charge in [0.05, 0.1) is 6.04 Å². The minimum Gasteiger partial charge on any atom is -0.310 e. The molecule has 19 heavy (non-hydrogen) atoms. The predicted octanol–water partition coefficient (Wildman–Crippen LogP) is 3.19. The van der Waals surface area contributed by atoms with Crippen LogP contribution < -0.4 is 5.32 Å². The first-order chi connectivity index (χ1) is 9.38. The van der Waals surface area contributed by atoms with Gasteiger partial charge in [0.15, 0.2) is 0 Å². The molecule has 1 unspecified atom stereocenters. The van der Waals surface area contributed by atoms with Crippen LogP contribution in [0.1, 0.15) is 17.4 Å². The number of hydrogen-bond acceptors (Lipinski definition) is 4. The first-order valence-electron chi connectivity index (χ1n) is 6.28. The maximum Gasteiger partial charge on any atom is 0.145 e. The summed E-state index contributed by atoms with van der Waals surface area (Å²) in [5.74, 6) is 0.847. The molecule has 0 saturated carbocycles. The molecule has 3 aromatic rings. The van der Waals surface area contributed by atoms with Crippen LogP contribution in [-0.4, -0.2) is 17.0 Å². The van der Waals surface area contributed by atoms with Crippen LogP contribution in [-0.2, 0) is 6.42 Å². The second-order valence-electron chi connectivity index (χ2n) is 4.41. The van der Waals surface area contributed by atoms with Crippen molar-refractivity contribution in [3.8, 4) is 0 Å². The summed E-state index contributed by atoms with van der Waals surface area (Å²) >= 11 is 1.79. The average Bonchev–Trinajstić information content (AvgIpc) is 2.89. The molecule has 0 fully saturated rings. The molecule has 0 aliphatic heterocycles. The van der Waals surface area contributed by atoms with Crippen LogP contribution in [0, 0.1) is 0 Å². The zero-order chi connectivity index (χ0) is 13.1. The first-order valence-corrected chi connectivity index (χ1v) is 7.15. The Morgan fingerprint density at radius 1 is 1.16 bits per heavy atom. The summed E-state index contributed by atoms with van der Waals surface area (Å²) in [6.45, 7) is 0. The van der Waals surface area contributed by atoms with Gasteiger partial charge in [0, 0.05) is 17.1 Å². The number of benzene rings is 1. The van der Waals surface area contributed by atoms with Gasteiger partial charge in [0.2, 0.25) is 0 Å². The van der Waals surface area contributed by atoms with E-state index in [0.29, 0.717) is 0 Å². The summed E-state index contributed by atoms with van der Waals surface area (Å²) in [6.07, 6.45) is 4.49. The van der Waals surface area contributed by atoms with Crippen molar-refractivity contribution in [1.29, 1.82) is 0 Å². The number of fused-ring (bicyclic) bond motifs is 1. The van der Waals surface area contributed by atoms with Crippen molar-refractivity contribution < 1.29 is 0 Å². The molecule has 0 aliphatic carbocycles. The molecule has 4 heteroatoms. The van der Waals surface area contributed by atoms with Crippen LogP contribution in [0.5, 0.6) is 0 Å². The molecule has 0 radical (unpaired) electrons. The fourth-order valence-corrected chi connectivity index (χ4v) is 3.20. The van der Waals surface area contributed by atoms with E-state index in [0.717, 1.165) is 12.2 Å². The van der Waals surface area contributed by atoms with E-state index in [2.05, 4.69) is 44.9 Å². The quantitative estimate of drug-likeness (QED) is 0.790. The third-order valence-electron chi connectivity index (χ3n) is 3.23. The Kier molecular flexibility index (Phi) is 3.53. The van der Waals surface area contributed by atoms with E-state index in [1.807, 2.05) is 13.1 Å². The highest BCUT2D eigenvalue weighted by Crippen LogP contribution is 2.28. The summed E-state index contributed by atoms with van der Waals surface area (Å²) in [4.78, 5) is 8.68. The molecule has 0 amide bonds. The Bertz CT molecular complexity index is 663. The van der Waals surface area contributed by atoms with Crippen LogP contribution >= 0.6 is 11.3 Å². The maximum absolute atomic E-state index is 4.34. The molecule has 0 saturated heterocycles. The van der Waals surface area contributed by atoms with Gasteiger partial charge in [-0.15, -0.1) is 11.3 Å². The van der Waals surface area contributed by atoms with Gasteiger partial charge in [-0.05, 0) is 41.9 Å². The lowest BCUT2D eigenvalue weighted by Crippen LogP contribution is -2.21. The molecule has 1 N–H and O–H groups in total. The monoisotopic (exact) mass is 269 g/mol. The van der Waals surface area contributed by atoms with Crippen LogP contribution in [0.2, 0.25) is 0 Å². The molecule has 3 nitrogen and oxygen atoms in total. The molecule has 0 aliphatic rings. The lowest BCUT2D eigenvalue weighted by molar-refractivity contribution is 0.559. The van der Waals surface area contributed by atoms with E-state index in [9.17, 15) is 0 Å². The van der Waals surface area contributed by atoms with Gasteiger partial charge in [-0.2, -0.15) is 0 Å². The van der Waals surface area contributed by atoms with E-state index in [1.54, 1.807) is 23.7 Å². The molecular formula is C15H15N3S. The van der Waals surface area contributed by atoms with Crippen molar-refractivity contribution in [1.82, 2.24) is 15.3 Å². The number of thiophene rings is 1. The highest BCUT2D eigenvalue weighted by atomic mass is 32.1. The maximum atomic E-state index is 4.34. The van der Waals surface area contributed by atoms with Crippen LogP contribution in [0.3, 0.4) is 0 Å². The number of likely N-dealkylation sites (N-methyl/N-ethyl adjacent to an activating group) is 1. The summed E-state index contributed by atoms with van der Waals surface area (Å²) < 4.78 is 1.33. The summed E-state index contributed by atoms with van der Waals surface area (Å²) in [5.41, 5.74) is 1.35. The van der Waals surface area contributed by atoms with Gasteiger partial charge in [-0.25, -0.2) is 9.97 Å². The molecule has 96 valence electrons. The van der Waals surface area contributed by atoms with Gasteiger partial charge in [-0.1, -0.05) is 18.2 Å². The molecule has 0 spiro atoms. The molecular weight excluding hydrogens is 254 g/mol. The van der Waals surface area contributed by atoms with E-state index < -0.39 is 0 Å². The zero-order valence-corrected chi connectivity index (χ0v) is 11.5. The van der Waals surface area contributed by atoms with Gasteiger partial charge in [0.1, 0.15) is 5.82 Å². The predicted molar refractivity (Wildman–Crippen MR) is 79.4 cm³/mol. The third kappa shape index (κ3) is 2.50. The second-order valence-corrected chi connectivity index (χ2v) is 5.32. The molecule has 3 rings (SSSR count). The summed E-state index contributed by atoms with van der Waals surface area (Å²) in [5, 5.41) is 6.87. The molecule has 1 atom stereocenters. The van der Waals surface area contributed by atoms with Crippen molar-refractivity contribution >= 4 is 21.4 Å². The zero-order valence-electron chi connectivity index (χ0n) is 10.7. The van der Waals surface area contributed by atoms with Crippen molar-refractivity contribution in [2.24, 2.45) is 0 Å². The Morgan fingerprint density at radius 3 is 2.74 bits per heavy atom. The van der Waals surface area contributed by atoms with E-state index >= 15 is 0 Å². The molecule has 2 aromatic heterocycles. The number of rotatable bonds is 4. The SMILES string of the molecule is CNC(Cc1csc2ccccc12)c1ncccn1. The third-order valence-corrected chi connectivity index (χ3v) is 4.24.